The first-order valence-corrected chi connectivity index (χ1v) is 13.5. The molecule has 0 aromatic heterocycles. The lowest BCUT2D eigenvalue weighted by Gasteiger charge is -2.45. The average Bonchev–Trinajstić information content (AvgIpc) is 3.39. The topological polar surface area (TPSA) is 108 Å². The van der Waals surface area contributed by atoms with E-state index in [0.29, 0.717) is 30.2 Å². The number of nitrogens with one attached hydrogen (secondary N) is 1. The summed E-state index contributed by atoms with van der Waals surface area (Å²) in [6, 6.07) is 14.7. The van der Waals surface area contributed by atoms with Gasteiger partial charge in [-0.2, -0.15) is 0 Å². The minimum Gasteiger partial charge on any atom is -0.390 e. The van der Waals surface area contributed by atoms with Crippen LogP contribution < -0.4 is 11.1 Å². The van der Waals surface area contributed by atoms with Crippen LogP contribution in [0, 0.1) is 23.7 Å². The van der Waals surface area contributed by atoms with Crippen LogP contribution in [0.25, 0.3) is 0 Å². The van der Waals surface area contributed by atoms with E-state index in [1.807, 2.05) is 49.4 Å². The number of carbonyl (C=O) groups excluding carboxylic acids is 2. The number of carbonyl (C=O) groups is 2. The highest BCUT2D eigenvalue weighted by atomic mass is 16.3. The number of aliphatic hydroxyl groups is 1. The van der Waals surface area contributed by atoms with Crippen LogP contribution in [-0.4, -0.2) is 39.4 Å². The van der Waals surface area contributed by atoms with E-state index in [4.69, 9.17) is 10.7 Å². The summed E-state index contributed by atoms with van der Waals surface area (Å²) in [5.41, 5.74) is 9.45. The first kappa shape index (κ1) is 24.2. The molecule has 0 spiro atoms. The van der Waals surface area contributed by atoms with E-state index in [1.165, 1.54) is 6.42 Å². The fourth-order valence-corrected chi connectivity index (χ4v) is 6.69. The first-order valence-electron chi connectivity index (χ1n) is 13.5. The first-order chi connectivity index (χ1) is 17.7. The zero-order chi connectivity index (χ0) is 26.1. The maximum absolute atomic E-state index is 13.6. The molecule has 2 fully saturated rings. The van der Waals surface area contributed by atoms with Crippen LogP contribution in [0.4, 0.5) is 0 Å². The van der Waals surface area contributed by atoms with Crippen molar-refractivity contribution in [2.45, 2.75) is 70.2 Å². The average molecular weight is 501 g/mol. The molecule has 6 rings (SSSR count). The second-order valence-corrected chi connectivity index (χ2v) is 12.0. The van der Waals surface area contributed by atoms with Crippen molar-refractivity contribution in [3.63, 3.8) is 0 Å². The molecule has 194 valence electrons. The summed E-state index contributed by atoms with van der Waals surface area (Å²) in [5.74, 6) is 1.90. The Hall–Kier alpha value is -3.19. The standard InChI is InChI=1S/C30H36N4O3/c1-16(2)30(3)15-25(36)34(29(31)33-30)27(23-13-20-12-22(20)23)18-8-6-9-19(11-18)28(37)32-26-21-10-5-4-7-17(21)14-24(26)35/h4-11,16,20,22-24,26-27,35H,12-15H2,1-3H3,(H2,31,33)(H,32,37)/t20?,22?,23-,24-,26?,27+,30+/m1/s1. The summed E-state index contributed by atoms with van der Waals surface area (Å²) >= 11 is 0. The van der Waals surface area contributed by atoms with Crippen molar-refractivity contribution in [2.24, 2.45) is 34.4 Å². The molecule has 2 amide bonds. The van der Waals surface area contributed by atoms with E-state index in [9.17, 15) is 14.7 Å². The van der Waals surface area contributed by atoms with Gasteiger partial charge in [-0.1, -0.05) is 50.2 Å². The van der Waals surface area contributed by atoms with Crippen molar-refractivity contribution in [1.29, 1.82) is 0 Å². The summed E-state index contributed by atoms with van der Waals surface area (Å²) in [6.07, 6.45) is 2.45. The highest BCUT2D eigenvalue weighted by Crippen LogP contribution is 2.64. The number of benzene rings is 2. The fourth-order valence-electron chi connectivity index (χ4n) is 6.69. The number of hydrogen-bond acceptors (Lipinski definition) is 5. The van der Waals surface area contributed by atoms with Crippen LogP contribution in [0.15, 0.2) is 53.5 Å². The smallest absolute Gasteiger partial charge is 0.251 e. The van der Waals surface area contributed by atoms with Crippen LogP contribution in [-0.2, 0) is 11.2 Å². The Morgan fingerprint density at radius 1 is 1.19 bits per heavy atom. The largest absolute Gasteiger partial charge is 0.390 e. The predicted molar refractivity (Wildman–Crippen MR) is 142 cm³/mol. The van der Waals surface area contributed by atoms with Gasteiger partial charge in [-0.25, -0.2) is 4.99 Å². The van der Waals surface area contributed by atoms with E-state index in [2.05, 4.69) is 19.2 Å². The van der Waals surface area contributed by atoms with Gasteiger partial charge in [-0.3, -0.25) is 14.5 Å². The Morgan fingerprint density at radius 3 is 2.65 bits per heavy atom. The molecule has 2 saturated carbocycles. The monoisotopic (exact) mass is 500 g/mol. The van der Waals surface area contributed by atoms with Gasteiger partial charge >= 0.3 is 0 Å². The maximum atomic E-state index is 13.6. The normalized spacial score (nSPS) is 32.8. The van der Waals surface area contributed by atoms with Crippen molar-refractivity contribution in [2.75, 3.05) is 0 Å². The van der Waals surface area contributed by atoms with Crippen LogP contribution in [0.3, 0.4) is 0 Å². The number of rotatable bonds is 6. The molecular weight excluding hydrogens is 464 g/mol. The zero-order valence-electron chi connectivity index (χ0n) is 21.7. The molecule has 0 radical (unpaired) electrons. The lowest BCUT2D eigenvalue weighted by atomic mass is 9.75. The number of hydrogen-bond donors (Lipinski definition) is 3. The molecule has 2 aromatic rings. The Bertz CT molecular complexity index is 1290. The van der Waals surface area contributed by atoms with Crippen molar-refractivity contribution >= 4 is 17.8 Å². The second kappa shape index (κ2) is 8.69. The van der Waals surface area contributed by atoms with Crippen LogP contribution in [0.2, 0.25) is 0 Å². The molecule has 0 saturated heterocycles. The molecule has 3 aliphatic carbocycles. The number of nitrogens with two attached hydrogens (primary N) is 1. The van der Waals surface area contributed by atoms with Gasteiger partial charge in [0.25, 0.3) is 5.91 Å². The number of guanidine groups is 1. The number of aliphatic hydroxyl groups excluding tert-OH is 1. The van der Waals surface area contributed by atoms with E-state index >= 15 is 0 Å². The number of aliphatic imine (C=N–C) groups is 1. The molecule has 37 heavy (non-hydrogen) atoms. The van der Waals surface area contributed by atoms with Gasteiger partial charge in [-0.05, 0) is 72.3 Å². The fraction of sp³-hybridized carbons (Fsp3) is 0.500. The van der Waals surface area contributed by atoms with E-state index in [-0.39, 0.29) is 29.7 Å². The second-order valence-electron chi connectivity index (χ2n) is 12.0. The maximum Gasteiger partial charge on any atom is 0.251 e. The van der Waals surface area contributed by atoms with Crippen molar-refractivity contribution < 1.29 is 14.7 Å². The lowest BCUT2D eigenvalue weighted by Crippen LogP contribution is -2.55. The van der Waals surface area contributed by atoms with Gasteiger partial charge in [-0.15, -0.1) is 0 Å². The summed E-state index contributed by atoms with van der Waals surface area (Å²) < 4.78 is 0. The minimum absolute atomic E-state index is 0.00154. The molecule has 0 bridgehead atoms. The Kier molecular flexibility index (Phi) is 5.68. The molecule has 1 aliphatic heterocycles. The SMILES string of the molecule is CC(C)[C@]1(C)CC(=O)N([C@@H](c2cccc(C(=O)NC3c4ccccc4C[C@H]3O)c2)[C@@H]2CC3CC32)C(N)=N1. The Morgan fingerprint density at radius 2 is 1.97 bits per heavy atom. The molecule has 3 unspecified atom stereocenters. The van der Waals surface area contributed by atoms with Gasteiger partial charge in [0.1, 0.15) is 0 Å². The van der Waals surface area contributed by atoms with Gasteiger partial charge in [0.15, 0.2) is 5.96 Å². The molecule has 7 nitrogen and oxygen atoms in total. The minimum atomic E-state index is -0.656. The molecule has 2 aromatic carbocycles. The van der Waals surface area contributed by atoms with Gasteiger partial charge < -0.3 is 16.2 Å². The molecule has 7 atom stereocenters. The van der Waals surface area contributed by atoms with Crippen LogP contribution in [0.1, 0.15) is 79.2 Å². The number of amides is 2. The van der Waals surface area contributed by atoms with Crippen molar-refractivity contribution in [3.05, 3.63) is 70.8 Å². The van der Waals surface area contributed by atoms with Crippen LogP contribution >= 0.6 is 0 Å². The summed E-state index contributed by atoms with van der Waals surface area (Å²) in [4.78, 5) is 33.5. The number of fused-ring (bicyclic) bond motifs is 2. The van der Waals surface area contributed by atoms with Crippen LogP contribution in [0.5, 0.6) is 0 Å². The third kappa shape index (κ3) is 4.04. The van der Waals surface area contributed by atoms with Gasteiger partial charge in [0, 0.05) is 12.0 Å². The molecule has 1 heterocycles. The van der Waals surface area contributed by atoms with Gasteiger partial charge in [0.2, 0.25) is 5.91 Å². The molecule has 4 aliphatic rings. The van der Waals surface area contributed by atoms with Crippen molar-refractivity contribution in [1.82, 2.24) is 10.2 Å². The Labute approximate surface area is 218 Å². The third-order valence-electron chi connectivity index (χ3n) is 9.41. The quantitative estimate of drug-likeness (QED) is 0.562. The summed E-state index contributed by atoms with van der Waals surface area (Å²) in [6.45, 7) is 6.13. The third-order valence-corrected chi connectivity index (χ3v) is 9.41. The highest BCUT2D eigenvalue weighted by Gasteiger charge is 2.58. The lowest BCUT2D eigenvalue weighted by molar-refractivity contribution is -0.133. The number of nitrogens with zero attached hydrogens (tertiary/aromatic N) is 2. The predicted octanol–water partition coefficient (Wildman–Crippen LogP) is 3.73. The van der Waals surface area contributed by atoms with E-state index in [1.54, 1.807) is 11.0 Å². The summed E-state index contributed by atoms with van der Waals surface area (Å²) in [5, 5.41) is 13.7. The molecule has 4 N–H and O–H groups in total. The summed E-state index contributed by atoms with van der Waals surface area (Å²) in [7, 11) is 0. The zero-order valence-corrected chi connectivity index (χ0v) is 21.7. The van der Waals surface area contributed by atoms with Gasteiger partial charge in [0.05, 0.1) is 30.1 Å². The van der Waals surface area contributed by atoms with E-state index in [0.717, 1.165) is 29.0 Å². The highest BCUT2D eigenvalue weighted by molar-refractivity contribution is 6.00. The molecule has 7 heteroatoms. The van der Waals surface area contributed by atoms with E-state index < -0.39 is 17.7 Å². The molecular formula is C30H36N4O3. The Balaban J connectivity index is 1.30. The van der Waals surface area contributed by atoms with Crippen molar-refractivity contribution in [3.8, 4) is 0 Å².